The van der Waals surface area contributed by atoms with E-state index in [1.54, 1.807) is 19.5 Å². The highest BCUT2D eigenvalue weighted by Gasteiger charge is 2.22. The summed E-state index contributed by atoms with van der Waals surface area (Å²) in [6.07, 6.45) is 5.97. The summed E-state index contributed by atoms with van der Waals surface area (Å²) in [5.41, 5.74) is 5.93. The zero-order valence-corrected chi connectivity index (χ0v) is 15.5. The number of aryl methyl sites for hydroxylation is 1. The first kappa shape index (κ1) is 15.8. The Balaban J connectivity index is 1.65. The van der Waals surface area contributed by atoms with E-state index >= 15 is 0 Å². The van der Waals surface area contributed by atoms with Gasteiger partial charge in [-0.15, -0.1) is 5.10 Å². The lowest BCUT2D eigenvalue weighted by Crippen LogP contribution is -2.03. The van der Waals surface area contributed by atoms with Gasteiger partial charge in [-0.25, -0.2) is 14.6 Å². The summed E-state index contributed by atoms with van der Waals surface area (Å²) in [5, 5.41) is 8.97. The van der Waals surface area contributed by atoms with Gasteiger partial charge in [-0.3, -0.25) is 4.57 Å². The number of fused-ring (bicyclic) bond motifs is 5. The molecule has 0 atom stereocenters. The molecule has 1 aliphatic heterocycles. The first-order chi connectivity index (χ1) is 13.2. The van der Waals surface area contributed by atoms with Crippen LogP contribution in [0.2, 0.25) is 0 Å². The molecular weight excluding hydrogens is 360 g/mol. The SMILES string of the molecule is COc1ncc(C#Cc2ncn3c2Cc2cnnn2-c2cc(C)ccc2-3)s1. The molecule has 0 fully saturated rings. The predicted molar refractivity (Wildman–Crippen MR) is 101 cm³/mol. The lowest BCUT2D eigenvalue weighted by molar-refractivity contribution is 0.412. The molecule has 1 aliphatic rings. The second-order valence-electron chi connectivity index (χ2n) is 6.16. The van der Waals surface area contributed by atoms with E-state index in [1.165, 1.54) is 11.3 Å². The van der Waals surface area contributed by atoms with Crippen LogP contribution >= 0.6 is 11.3 Å². The third kappa shape index (κ3) is 2.60. The van der Waals surface area contributed by atoms with Gasteiger partial charge in [0.1, 0.15) is 16.9 Å². The summed E-state index contributed by atoms with van der Waals surface area (Å²) in [4.78, 5) is 9.54. The molecule has 0 aliphatic carbocycles. The molecule has 27 heavy (non-hydrogen) atoms. The molecular formula is C19H14N6OS. The fourth-order valence-corrected chi connectivity index (χ4v) is 3.73. The highest BCUT2D eigenvalue weighted by atomic mass is 32.1. The smallest absolute Gasteiger partial charge is 0.274 e. The Bertz CT molecular complexity index is 1220. The average molecular weight is 374 g/mol. The molecule has 0 spiro atoms. The molecule has 0 bridgehead atoms. The Morgan fingerprint density at radius 2 is 2.07 bits per heavy atom. The molecule has 0 saturated carbocycles. The zero-order valence-electron chi connectivity index (χ0n) is 14.7. The number of hydrogen-bond acceptors (Lipinski definition) is 6. The van der Waals surface area contributed by atoms with Gasteiger partial charge in [0.25, 0.3) is 5.19 Å². The van der Waals surface area contributed by atoms with Crippen LogP contribution in [0.25, 0.3) is 11.4 Å². The third-order valence-electron chi connectivity index (χ3n) is 4.42. The molecule has 0 unspecified atom stereocenters. The summed E-state index contributed by atoms with van der Waals surface area (Å²) in [6, 6.07) is 6.27. The number of ether oxygens (including phenoxy) is 1. The molecule has 132 valence electrons. The van der Waals surface area contributed by atoms with Crippen LogP contribution in [0.3, 0.4) is 0 Å². The van der Waals surface area contributed by atoms with E-state index in [0.717, 1.165) is 38.9 Å². The van der Waals surface area contributed by atoms with Crippen molar-refractivity contribution in [1.29, 1.82) is 0 Å². The van der Waals surface area contributed by atoms with E-state index in [0.29, 0.717) is 11.6 Å². The van der Waals surface area contributed by atoms with Crippen LogP contribution in [-0.2, 0) is 6.42 Å². The number of thiazole rings is 1. The Morgan fingerprint density at radius 3 is 2.93 bits per heavy atom. The van der Waals surface area contributed by atoms with Gasteiger partial charge in [-0.05, 0) is 36.5 Å². The van der Waals surface area contributed by atoms with Crippen molar-refractivity contribution < 1.29 is 4.74 Å². The maximum atomic E-state index is 5.12. The normalized spacial score (nSPS) is 11.6. The van der Waals surface area contributed by atoms with Gasteiger partial charge in [-0.1, -0.05) is 22.6 Å². The molecule has 3 aromatic heterocycles. The minimum atomic E-state index is 0.599. The van der Waals surface area contributed by atoms with Crippen molar-refractivity contribution >= 4 is 11.3 Å². The lowest BCUT2D eigenvalue weighted by Gasteiger charge is -2.10. The van der Waals surface area contributed by atoms with Gasteiger partial charge in [-0.2, -0.15) is 0 Å². The number of hydrogen-bond donors (Lipinski definition) is 0. The van der Waals surface area contributed by atoms with Crippen LogP contribution in [0, 0.1) is 18.8 Å². The number of nitrogens with zero attached hydrogens (tertiary/aromatic N) is 6. The largest absolute Gasteiger partial charge is 0.473 e. The number of imidazole rings is 1. The first-order valence-electron chi connectivity index (χ1n) is 8.32. The Kier molecular flexibility index (Phi) is 3.55. The molecule has 1 aromatic carbocycles. The van der Waals surface area contributed by atoms with Gasteiger partial charge >= 0.3 is 0 Å². The highest BCUT2D eigenvalue weighted by Crippen LogP contribution is 2.29. The van der Waals surface area contributed by atoms with E-state index < -0.39 is 0 Å². The molecule has 0 radical (unpaired) electrons. The monoisotopic (exact) mass is 374 g/mol. The van der Waals surface area contributed by atoms with Gasteiger partial charge in [0.15, 0.2) is 0 Å². The highest BCUT2D eigenvalue weighted by molar-refractivity contribution is 7.13. The molecule has 0 saturated heterocycles. The van der Waals surface area contributed by atoms with Crippen molar-refractivity contribution in [2.24, 2.45) is 0 Å². The molecule has 4 aromatic rings. The minimum absolute atomic E-state index is 0.599. The van der Waals surface area contributed by atoms with Gasteiger partial charge in [0, 0.05) is 6.42 Å². The summed E-state index contributed by atoms with van der Waals surface area (Å²) >= 11 is 1.41. The van der Waals surface area contributed by atoms with E-state index in [1.807, 2.05) is 11.0 Å². The standard InChI is InChI=1S/C19H14N6OS/c1-12-3-6-16-18(7-12)25-13(9-22-23-25)8-17-15(21-11-24(16)17)5-4-14-10-20-19(26-2)27-14/h3,6-7,9-11H,8H2,1-2H3. The van der Waals surface area contributed by atoms with Crippen molar-refractivity contribution in [3.8, 4) is 28.4 Å². The van der Waals surface area contributed by atoms with E-state index in [2.05, 4.69) is 61.8 Å². The maximum absolute atomic E-state index is 5.12. The molecule has 4 heterocycles. The predicted octanol–water partition coefficient (Wildman–Crippen LogP) is 2.53. The number of aromatic nitrogens is 6. The van der Waals surface area contributed by atoms with E-state index in [4.69, 9.17) is 4.74 Å². The number of rotatable bonds is 1. The first-order valence-corrected chi connectivity index (χ1v) is 9.13. The second kappa shape index (κ2) is 6.07. The van der Waals surface area contributed by atoms with Crippen LogP contribution in [0.5, 0.6) is 5.19 Å². The Morgan fingerprint density at radius 1 is 1.15 bits per heavy atom. The van der Waals surface area contributed by atoms with Crippen molar-refractivity contribution in [1.82, 2.24) is 29.5 Å². The summed E-state index contributed by atoms with van der Waals surface area (Å²) in [5.74, 6) is 6.32. The molecule has 7 nitrogen and oxygen atoms in total. The van der Waals surface area contributed by atoms with E-state index in [9.17, 15) is 0 Å². The summed E-state index contributed by atoms with van der Waals surface area (Å²) < 4.78 is 9.09. The zero-order chi connectivity index (χ0) is 18.4. The molecule has 0 N–H and O–H groups in total. The van der Waals surface area contributed by atoms with Gasteiger partial charge in [0.05, 0.1) is 42.3 Å². The van der Waals surface area contributed by atoms with Crippen molar-refractivity contribution in [3.05, 3.63) is 64.4 Å². The second-order valence-corrected chi connectivity index (χ2v) is 7.15. The molecule has 5 rings (SSSR count). The fourth-order valence-electron chi connectivity index (χ4n) is 3.14. The maximum Gasteiger partial charge on any atom is 0.274 e. The van der Waals surface area contributed by atoms with Crippen LogP contribution in [-0.4, -0.2) is 36.6 Å². The summed E-state index contributed by atoms with van der Waals surface area (Å²) in [6.45, 7) is 2.07. The van der Waals surface area contributed by atoms with Crippen molar-refractivity contribution in [3.63, 3.8) is 0 Å². The molecule has 0 amide bonds. The Hall–Kier alpha value is -3.44. The van der Waals surface area contributed by atoms with E-state index in [-0.39, 0.29) is 0 Å². The minimum Gasteiger partial charge on any atom is -0.473 e. The quantitative estimate of drug-likeness (QED) is 0.422. The molecule has 8 heteroatoms. The average Bonchev–Trinajstić information content (AvgIpc) is 3.39. The summed E-state index contributed by atoms with van der Waals surface area (Å²) in [7, 11) is 1.60. The van der Waals surface area contributed by atoms with Crippen molar-refractivity contribution in [2.45, 2.75) is 13.3 Å². The topological polar surface area (TPSA) is 70.7 Å². The van der Waals surface area contributed by atoms with Crippen molar-refractivity contribution in [2.75, 3.05) is 7.11 Å². The lowest BCUT2D eigenvalue weighted by atomic mass is 10.2. The van der Waals surface area contributed by atoms with Crippen LogP contribution in [0.15, 0.2) is 36.9 Å². The fraction of sp³-hybridized carbons (Fsp3) is 0.158. The third-order valence-corrected chi connectivity index (χ3v) is 5.29. The number of methoxy groups -OCH3 is 1. The number of benzene rings is 1. The Labute approximate surface area is 159 Å². The van der Waals surface area contributed by atoms with Crippen LogP contribution in [0.4, 0.5) is 0 Å². The van der Waals surface area contributed by atoms with Gasteiger partial charge in [0.2, 0.25) is 0 Å². The van der Waals surface area contributed by atoms with Crippen LogP contribution in [0.1, 0.15) is 27.5 Å². The van der Waals surface area contributed by atoms with Gasteiger partial charge < -0.3 is 4.74 Å². The van der Waals surface area contributed by atoms with Crippen LogP contribution < -0.4 is 4.74 Å².